The van der Waals surface area contributed by atoms with E-state index >= 15 is 0 Å². The lowest BCUT2D eigenvalue weighted by Crippen LogP contribution is -2.33. The minimum Gasteiger partial charge on any atom is -0.480 e. The summed E-state index contributed by atoms with van der Waals surface area (Å²) in [5.74, 6) is 0.203. The molecule has 0 bridgehead atoms. The van der Waals surface area contributed by atoms with Crippen LogP contribution in [0.5, 0.6) is 0 Å². The third-order valence-electron chi connectivity index (χ3n) is 2.14. The first-order valence-electron chi connectivity index (χ1n) is 4.99. The fraction of sp³-hybridized carbons (Fsp3) is 0.300. The summed E-state index contributed by atoms with van der Waals surface area (Å²) < 4.78 is 10.0. The minimum absolute atomic E-state index is 0.220. The third-order valence-corrected chi connectivity index (χ3v) is 2.14. The van der Waals surface area contributed by atoms with Crippen molar-refractivity contribution >= 4 is 5.97 Å². The normalized spacial score (nSPS) is 12.5. The number of rotatable bonds is 5. The van der Waals surface area contributed by atoms with Gasteiger partial charge in [-0.3, -0.25) is 10.1 Å². The highest BCUT2D eigenvalue weighted by Crippen LogP contribution is 2.16. The molecule has 90 valence electrons. The number of furan rings is 1. The molecule has 7 nitrogen and oxygen atoms in total. The number of nitrogens with one attached hydrogen (secondary N) is 1. The van der Waals surface area contributed by atoms with E-state index in [0.717, 1.165) is 0 Å². The van der Waals surface area contributed by atoms with Crippen LogP contribution in [0.4, 0.5) is 0 Å². The van der Waals surface area contributed by atoms with Crippen molar-refractivity contribution < 1.29 is 18.8 Å². The van der Waals surface area contributed by atoms with Gasteiger partial charge >= 0.3 is 5.97 Å². The lowest BCUT2D eigenvalue weighted by Gasteiger charge is -2.05. The van der Waals surface area contributed by atoms with Gasteiger partial charge in [-0.1, -0.05) is 5.16 Å². The smallest absolute Gasteiger partial charge is 0.320 e. The summed E-state index contributed by atoms with van der Waals surface area (Å²) in [6.07, 6.45) is 1.50. The molecule has 0 fully saturated rings. The standard InChI is InChI=1S/C10H11N3O4/c1-6(10(14)15)11-5-8-12-9(17-13-8)7-3-2-4-16-7/h2-4,6,11H,5H2,1H3,(H,14,15)/t6-/m0/s1. The lowest BCUT2D eigenvalue weighted by molar-refractivity contribution is -0.139. The van der Waals surface area contributed by atoms with Crippen LogP contribution in [0.25, 0.3) is 11.7 Å². The van der Waals surface area contributed by atoms with Crippen LogP contribution in [-0.4, -0.2) is 27.3 Å². The summed E-state index contributed by atoms with van der Waals surface area (Å²) in [6.45, 7) is 1.76. The van der Waals surface area contributed by atoms with Gasteiger partial charge in [0.1, 0.15) is 6.04 Å². The van der Waals surface area contributed by atoms with Crippen LogP contribution in [0.1, 0.15) is 12.7 Å². The van der Waals surface area contributed by atoms with Crippen molar-refractivity contribution in [3.8, 4) is 11.7 Å². The van der Waals surface area contributed by atoms with E-state index in [4.69, 9.17) is 14.0 Å². The van der Waals surface area contributed by atoms with Gasteiger partial charge in [-0.25, -0.2) is 0 Å². The average molecular weight is 237 g/mol. The van der Waals surface area contributed by atoms with Gasteiger partial charge in [-0.05, 0) is 19.1 Å². The number of carboxylic acids is 1. The fourth-order valence-electron chi connectivity index (χ4n) is 1.16. The van der Waals surface area contributed by atoms with Crippen molar-refractivity contribution in [3.63, 3.8) is 0 Å². The molecular formula is C10H11N3O4. The van der Waals surface area contributed by atoms with Crippen molar-refractivity contribution in [3.05, 3.63) is 24.2 Å². The summed E-state index contributed by atoms with van der Waals surface area (Å²) in [7, 11) is 0. The molecule has 0 aliphatic rings. The topological polar surface area (TPSA) is 101 Å². The molecule has 2 heterocycles. The molecule has 2 N–H and O–H groups in total. The second-order valence-corrected chi connectivity index (χ2v) is 3.43. The second-order valence-electron chi connectivity index (χ2n) is 3.43. The number of hydrogen-bond donors (Lipinski definition) is 2. The Labute approximate surface area is 96.4 Å². The molecule has 2 rings (SSSR count). The quantitative estimate of drug-likeness (QED) is 0.796. The fourth-order valence-corrected chi connectivity index (χ4v) is 1.16. The molecule has 0 aromatic carbocycles. The first-order chi connectivity index (χ1) is 8.16. The first kappa shape index (κ1) is 11.3. The predicted molar refractivity (Wildman–Crippen MR) is 55.9 cm³/mol. The number of aromatic nitrogens is 2. The van der Waals surface area contributed by atoms with Crippen molar-refractivity contribution in [2.75, 3.05) is 0 Å². The zero-order valence-corrected chi connectivity index (χ0v) is 9.08. The maximum atomic E-state index is 10.6. The maximum absolute atomic E-state index is 10.6. The number of carbonyl (C=O) groups is 1. The molecule has 0 saturated carbocycles. The van der Waals surface area contributed by atoms with Gasteiger partial charge in [-0.2, -0.15) is 4.98 Å². The third kappa shape index (κ3) is 2.70. The Hall–Kier alpha value is -2.15. The summed E-state index contributed by atoms with van der Waals surface area (Å²) in [5.41, 5.74) is 0. The van der Waals surface area contributed by atoms with E-state index in [1.54, 1.807) is 12.1 Å². The largest absolute Gasteiger partial charge is 0.480 e. The van der Waals surface area contributed by atoms with Crippen molar-refractivity contribution in [2.24, 2.45) is 0 Å². The van der Waals surface area contributed by atoms with Crippen LogP contribution in [0.15, 0.2) is 27.3 Å². The van der Waals surface area contributed by atoms with Gasteiger partial charge in [0.15, 0.2) is 11.6 Å². The van der Waals surface area contributed by atoms with E-state index in [-0.39, 0.29) is 12.4 Å². The number of nitrogens with zero attached hydrogens (tertiary/aromatic N) is 2. The van der Waals surface area contributed by atoms with Crippen LogP contribution in [-0.2, 0) is 11.3 Å². The zero-order valence-electron chi connectivity index (χ0n) is 9.08. The Morgan fingerprint density at radius 3 is 3.12 bits per heavy atom. The van der Waals surface area contributed by atoms with Gasteiger partial charge in [0.2, 0.25) is 0 Å². The lowest BCUT2D eigenvalue weighted by atomic mass is 10.3. The highest BCUT2D eigenvalue weighted by atomic mass is 16.5. The summed E-state index contributed by atoms with van der Waals surface area (Å²) in [4.78, 5) is 14.6. The number of hydrogen-bond acceptors (Lipinski definition) is 6. The molecule has 7 heteroatoms. The summed E-state index contributed by atoms with van der Waals surface area (Å²) in [6, 6.07) is 2.75. The van der Waals surface area contributed by atoms with Gasteiger partial charge in [-0.15, -0.1) is 0 Å². The molecule has 0 aliphatic heterocycles. The Bertz CT molecular complexity index is 491. The van der Waals surface area contributed by atoms with E-state index in [2.05, 4.69) is 15.5 Å². The predicted octanol–water partition coefficient (Wildman–Crippen LogP) is 0.892. The maximum Gasteiger partial charge on any atom is 0.320 e. The van der Waals surface area contributed by atoms with Crippen molar-refractivity contribution in [1.29, 1.82) is 0 Å². The van der Waals surface area contributed by atoms with Crippen LogP contribution >= 0.6 is 0 Å². The molecule has 0 unspecified atom stereocenters. The molecule has 0 spiro atoms. The Morgan fingerprint density at radius 1 is 1.65 bits per heavy atom. The minimum atomic E-state index is -0.931. The molecular weight excluding hydrogens is 226 g/mol. The highest BCUT2D eigenvalue weighted by molar-refractivity contribution is 5.72. The van der Waals surface area contributed by atoms with Gasteiger partial charge < -0.3 is 14.0 Å². The number of carboxylic acid groups (broad SMARTS) is 1. The van der Waals surface area contributed by atoms with Gasteiger partial charge in [0, 0.05) is 0 Å². The van der Waals surface area contributed by atoms with E-state index in [1.807, 2.05) is 0 Å². The molecule has 0 saturated heterocycles. The molecule has 0 aliphatic carbocycles. The van der Waals surface area contributed by atoms with E-state index in [1.165, 1.54) is 13.2 Å². The molecule has 2 aromatic heterocycles. The van der Waals surface area contributed by atoms with E-state index in [9.17, 15) is 4.79 Å². The second kappa shape index (κ2) is 4.79. The Balaban J connectivity index is 1.97. The monoisotopic (exact) mass is 237 g/mol. The van der Waals surface area contributed by atoms with Crippen molar-refractivity contribution in [1.82, 2.24) is 15.5 Å². The Morgan fingerprint density at radius 2 is 2.47 bits per heavy atom. The number of aliphatic carboxylic acids is 1. The van der Waals surface area contributed by atoms with Crippen LogP contribution < -0.4 is 5.32 Å². The molecule has 0 radical (unpaired) electrons. The van der Waals surface area contributed by atoms with Crippen LogP contribution in [0, 0.1) is 0 Å². The summed E-state index contributed by atoms with van der Waals surface area (Å²) >= 11 is 0. The van der Waals surface area contributed by atoms with Crippen LogP contribution in [0.2, 0.25) is 0 Å². The van der Waals surface area contributed by atoms with Gasteiger partial charge in [0.05, 0.1) is 12.8 Å². The highest BCUT2D eigenvalue weighted by Gasteiger charge is 2.14. The average Bonchev–Trinajstić information content (AvgIpc) is 2.95. The Kier molecular flexibility index (Phi) is 3.20. The van der Waals surface area contributed by atoms with Crippen molar-refractivity contribution in [2.45, 2.75) is 19.5 Å². The molecule has 0 amide bonds. The van der Waals surface area contributed by atoms with Gasteiger partial charge in [0.25, 0.3) is 5.89 Å². The first-order valence-corrected chi connectivity index (χ1v) is 4.99. The molecule has 1 atom stereocenters. The van der Waals surface area contributed by atoms with E-state index < -0.39 is 12.0 Å². The zero-order chi connectivity index (χ0) is 12.3. The van der Waals surface area contributed by atoms with Crippen LogP contribution in [0.3, 0.4) is 0 Å². The SMILES string of the molecule is C[C@H](NCc1noc(-c2ccco2)n1)C(=O)O. The molecule has 17 heavy (non-hydrogen) atoms. The summed E-state index contributed by atoms with van der Waals surface area (Å²) in [5, 5.41) is 15.1. The van der Waals surface area contributed by atoms with E-state index in [0.29, 0.717) is 11.6 Å². The molecule has 2 aromatic rings.